The van der Waals surface area contributed by atoms with Gasteiger partial charge in [0, 0.05) is 23.9 Å². The molecule has 0 N–H and O–H groups in total. The summed E-state index contributed by atoms with van der Waals surface area (Å²) in [4.78, 5) is 0. The molecule has 11 heavy (non-hydrogen) atoms. The van der Waals surface area contributed by atoms with E-state index in [0.717, 1.165) is 0 Å². The van der Waals surface area contributed by atoms with Crippen molar-refractivity contribution < 1.29 is 0 Å². The van der Waals surface area contributed by atoms with Gasteiger partial charge in [-0.15, -0.1) is 0 Å². The average Bonchev–Trinajstić information content (AvgIpc) is 1.27. The molecule has 0 amide bonds. The zero-order chi connectivity index (χ0) is 5.86. The Bertz CT molecular complexity index is 68.9. The van der Waals surface area contributed by atoms with Gasteiger partial charge in [0.25, 0.3) is 0 Å². The molecule has 0 bridgehead atoms. The third kappa shape index (κ3) is 37.3. The molecule has 0 aliphatic carbocycles. The summed E-state index contributed by atoms with van der Waals surface area (Å²) in [5, 5.41) is 0. The van der Waals surface area contributed by atoms with Crippen LogP contribution in [0.25, 0.3) is 0 Å². The van der Waals surface area contributed by atoms with Crippen LogP contribution in [0.1, 0.15) is 50.0 Å². The maximum absolute atomic E-state index is 2.25. The van der Waals surface area contributed by atoms with E-state index in [9.17, 15) is 0 Å². The quantitative estimate of drug-likeness (QED) is 0.493. The van der Waals surface area contributed by atoms with Crippen molar-refractivity contribution in [2.24, 2.45) is 5.92 Å². The fourth-order valence-electron chi connectivity index (χ4n) is 0.667. The van der Waals surface area contributed by atoms with E-state index in [1.54, 1.807) is 0 Å². The molecule has 1 heteroatoms. The van der Waals surface area contributed by atoms with Crippen molar-refractivity contribution in [1.29, 1.82) is 0 Å². The second-order valence-electron chi connectivity index (χ2n) is 2.49. The molecule has 0 unspecified atom stereocenters. The summed E-state index contributed by atoms with van der Waals surface area (Å²) in [5.74, 6) is 0.713. The summed E-state index contributed by atoms with van der Waals surface area (Å²) in [6.45, 7) is 8.62. The third-order valence-corrected chi connectivity index (χ3v) is 0.667. The van der Waals surface area contributed by atoms with E-state index in [0.29, 0.717) is 5.92 Å². The average molecular weight is 265 g/mol. The van der Waals surface area contributed by atoms with E-state index in [4.69, 9.17) is 0 Å². The Morgan fingerprint density at radius 2 is 1.27 bits per heavy atom. The smallest absolute Gasteiger partial charge is 0 e. The van der Waals surface area contributed by atoms with Gasteiger partial charge in [0.2, 0.25) is 0 Å². The Kier molecular flexibility index (Phi) is 46.0. The molecule has 4 radical (unpaired) electrons. The number of hydrogen-bond donors (Lipinski definition) is 0. The topological polar surface area (TPSA) is 0 Å². The normalized spacial score (nSPS) is 5.91. The van der Waals surface area contributed by atoms with Crippen molar-refractivity contribution in [2.75, 3.05) is 0 Å². The molecule has 0 saturated heterocycles. The Hall–Kier alpha value is 0.539. The molecule has 0 heterocycles. The van der Waals surface area contributed by atoms with Crippen molar-refractivity contribution in [3.05, 3.63) is 11.6 Å². The first kappa shape index (κ1) is 30.0. The van der Waals surface area contributed by atoms with E-state index in [1.807, 2.05) is 0 Å². The predicted molar refractivity (Wildman–Crippen MR) is 60.2 cm³/mol. The summed E-state index contributed by atoms with van der Waals surface area (Å²) in [7, 11) is 0. The zero-order valence-corrected chi connectivity index (χ0v) is 9.01. The second kappa shape index (κ2) is 16.9. The van der Waals surface area contributed by atoms with E-state index in [2.05, 4.69) is 33.8 Å². The van der Waals surface area contributed by atoms with Crippen LogP contribution in [-0.4, -0.2) is 23.9 Å². The Labute approximate surface area is 91.4 Å². The summed E-state index contributed by atoms with van der Waals surface area (Å²) < 4.78 is 0. The Balaban J connectivity index is -0.0000000300. The zero-order valence-electron chi connectivity index (χ0n) is 6.15. The summed E-state index contributed by atoms with van der Waals surface area (Å²) in [6.07, 6.45) is 2.25. The predicted octanol–water partition coefficient (Wildman–Crippen LogP) is 4.14. The maximum atomic E-state index is 2.25. The third-order valence-electron chi connectivity index (χ3n) is 0.667. The van der Waals surface area contributed by atoms with Gasteiger partial charge < -0.3 is 0 Å². The second-order valence-corrected chi connectivity index (χ2v) is 2.49. The molecule has 0 aromatic carbocycles. The van der Waals surface area contributed by atoms with E-state index in [-0.39, 0.29) is 46.2 Å². The van der Waals surface area contributed by atoms with Gasteiger partial charge in [-0.2, -0.15) is 0 Å². The molecule has 0 spiro atoms. The van der Waals surface area contributed by atoms with Crippen LogP contribution < -0.4 is 0 Å². The van der Waals surface area contributed by atoms with Gasteiger partial charge in [0.15, 0.2) is 0 Å². The fourth-order valence-corrected chi connectivity index (χ4v) is 0.667. The molecule has 0 aliphatic rings. The van der Waals surface area contributed by atoms with Gasteiger partial charge in [0.1, 0.15) is 0 Å². The van der Waals surface area contributed by atoms with Crippen molar-refractivity contribution in [1.82, 2.24) is 0 Å². The minimum Gasteiger partial charge on any atom is -0.0833 e. The number of hydrogen-bond acceptors (Lipinski definition) is 0. The summed E-state index contributed by atoms with van der Waals surface area (Å²) in [6, 6.07) is 0. The van der Waals surface area contributed by atoms with Crippen LogP contribution in [-0.2, 0) is 0 Å². The van der Waals surface area contributed by atoms with E-state index < -0.39 is 0 Å². The van der Waals surface area contributed by atoms with Crippen LogP contribution in [0, 0.1) is 5.92 Å². The summed E-state index contributed by atoms with van der Waals surface area (Å²) >= 11 is 0. The van der Waals surface area contributed by atoms with Crippen molar-refractivity contribution in [2.45, 2.75) is 50.0 Å². The van der Waals surface area contributed by atoms with Crippen LogP contribution in [0.15, 0.2) is 11.6 Å². The molecular formula is C10H26Sn. The van der Waals surface area contributed by atoms with Crippen LogP contribution >= 0.6 is 0 Å². The molecule has 0 aromatic rings. The van der Waals surface area contributed by atoms with Gasteiger partial charge >= 0.3 is 0 Å². The van der Waals surface area contributed by atoms with Crippen LogP contribution in [0.5, 0.6) is 0 Å². The first-order valence-corrected chi connectivity index (χ1v) is 2.78. The summed E-state index contributed by atoms with van der Waals surface area (Å²) in [5.41, 5.74) is 1.41. The molecule has 0 saturated carbocycles. The van der Waals surface area contributed by atoms with Crippen LogP contribution in [0.4, 0.5) is 0 Å². The Morgan fingerprint density at radius 1 is 1.00 bits per heavy atom. The van der Waals surface area contributed by atoms with Crippen molar-refractivity contribution in [3.63, 3.8) is 0 Å². The monoisotopic (exact) mass is 266 g/mol. The van der Waals surface area contributed by atoms with Crippen LogP contribution in [0.2, 0.25) is 0 Å². The first-order valence-electron chi connectivity index (χ1n) is 2.78. The number of allylic oxidation sites excluding steroid dienone is 2. The minimum absolute atomic E-state index is 0. The van der Waals surface area contributed by atoms with Gasteiger partial charge in [0.05, 0.1) is 0 Å². The van der Waals surface area contributed by atoms with E-state index >= 15 is 0 Å². The Morgan fingerprint density at radius 3 is 1.27 bits per heavy atom. The van der Waals surface area contributed by atoms with Gasteiger partial charge in [-0.05, 0) is 19.8 Å². The number of rotatable bonds is 1. The molecular weight excluding hydrogens is 239 g/mol. The molecule has 0 rings (SSSR count). The van der Waals surface area contributed by atoms with Gasteiger partial charge in [-0.25, -0.2) is 0 Å². The van der Waals surface area contributed by atoms with Crippen molar-refractivity contribution in [3.8, 4) is 0 Å². The minimum atomic E-state index is 0. The van der Waals surface area contributed by atoms with Crippen LogP contribution in [0.3, 0.4) is 0 Å². The molecule has 70 valence electrons. The molecule has 0 fully saturated rings. The van der Waals surface area contributed by atoms with E-state index in [1.165, 1.54) is 5.57 Å². The molecule has 0 atom stereocenters. The molecule has 0 aromatic heterocycles. The largest absolute Gasteiger partial charge is 0.0833 e. The standard InChI is InChI=1S/C7H14.3CH4.Sn/c1-6(2)5-7(3)4;;;;/h5-6H,1-4H3;3*1H4;. The van der Waals surface area contributed by atoms with Gasteiger partial charge in [-0.1, -0.05) is 47.8 Å². The SMILES string of the molecule is C.C.C.CC(C)=CC(C)C.[Sn]. The molecule has 0 aliphatic heterocycles. The maximum Gasteiger partial charge on any atom is 0 e. The fraction of sp³-hybridized carbons (Fsp3) is 0.800. The van der Waals surface area contributed by atoms with Crippen molar-refractivity contribution >= 4 is 23.9 Å². The van der Waals surface area contributed by atoms with Gasteiger partial charge in [-0.3, -0.25) is 0 Å². The molecule has 0 nitrogen and oxygen atoms in total. The first-order chi connectivity index (χ1) is 3.13.